The van der Waals surface area contributed by atoms with Gasteiger partial charge in [0, 0.05) is 5.56 Å². The first-order chi connectivity index (χ1) is 10.6. The Balaban J connectivity index is 1.95. The lowest BCUT2D eigenvalue weighted by atomic mass is 9.86. The molecule has 2 aromatic carbocycles. The molecule has 0 saturated heterocycles. The highest BCUT2D eigenvalue weighted by molar-refractivity contribution is 8.16. The first-order valence-corrected chi connectivity index (χ1v) is 7.85. The van der Waals surface area contributed by atoms with E-state index in [4.69, 9.17) is 6.42 Å². The molecule has 3 heteroatoms. The van der Waals surface area contributed by atoms with E-state index in [1.165, 1.54) is 11.8 Å². The maximum atomic E-state index is 12.5. The molecule has 108 valence electrons. The van der Waals surface area contributed by atoms with E-state index in [2.05, 4.69) is 10.9 Å². The summed E-state index contributed by atoms with van der Waals surface area (Å²) in [7, 11) is 0. The summed E-state index contributed by atoms with van der Waals surface area (Å²) in [5, 5.41) is 0.740. The fourth-order valence-corrected chi connectivity index (χ4v) is 3.81. The molecule has 2 atom stereocenters. The minimum Gasteiger partial charge on any atom is -0.271 e. The number of terminal acetylenes is 1. The molecule has 2 aromatic rings. The molecule has 0 fully saturated rings. The zero-order chi connectivity index (χ0) is 15.6. The van der Waals surface area contributed by atoms with Gasteiger partial charge in [-0.2, -0.15) is 0 Å². The van der Waals surface area contributed by atoms with Gasteiger partial charge in [0.2, 0.25) is 0 Å². The molecule has 0 radical (unpaired) electrons. The van der Waals surface area contributed by atoms with E-state index in [1.807, 2.05) is 67.6 Å². The van der Waals surface area contributed by atoms with Gasteiger partial charge in [-0.25, -0.2) is 4.99 Å². The number of thioether (sulfide) groups is 1. The van der Waals surface area contributed by atoms with Crippen molar-refractivity contribution in [2.75, 3.05) is 0 Å². The van der Waals surface area contributed by atoms with Gasteiger partial charge in [-0.15, -0.1) is 6.42 Å². The Morgan fingerprint density at radius 1 is 1.09 bits per heavy atom. The molecule has 0 N–H and O–H groups in total. The number of carbonyl (C=O) groups excluding carboxylic acids is 1. The van der Waals surface area contributed by atoms with Crippen LogP contribution >= 0.6 is 11.8 Å². The van der Waals surface area contributed by atoms with E-state index in [1.54, 1.807) is 0 Å². The second-order valence-electron chi connectivity index (χ2n) is 5.31. The van der Waals surface area contributed by atoms with Gasteiger partial charge >= 0.3 is 0 Å². The summed E-state index contributed by atoms with van der Waals surface area (Å²) < 4.78 is -0.763. The normalized spacial score (nSPS) is 22.0. The molecule has 0 bridgehead atoms. The van der Waals surface area contributed by atoms with Crippen LogP contribution in [0.15, 0.2) is 65.7 Å². The molecule has 1 amide bonds. The number of amides is 1. The molecule has 0 aliphatic carbocycles. The second-order valence-corrected chi connectivity index (χ2v) is 6.75. The summed E-state index contributed by atoms with van der Waals surface area (Å²) in [6.07, 6.45) is 5.75. The van der Waals surface area contributed by atoms with Crippen LogP contribution in [0.2, 0.25) is 0 Å². The van der Waals surface area contributed by atoms with Crippen LogP contribution in [0, 0.1) is 12.3 Å². The lowest BCUT2D eigenvalue weighted by Crippen LogP contribution is -2.34. The minimum absolute atomic E-state index is 0.164. The molecule has 0 spiro atoms. The first kappa shape index (κ1) is 14.6. The van der Waals surface area contributed by atoms with Crippen molar-refractivity contribution in [3.05, 3.63) is 71.8 Å². The number of benzene rings is 2. The average molecular weight is 305 g/mol. The Hall–Kier alpha value is -2.31. The number of rotatable bonds is 3. The fraction of sp³-hybridized carbons (Fsp3) is 0.158. The maximum Gasteiger partial charge on any atom is 0.264 e. The standard InChI is InChI=1S/C19H15NOS/c1-3-16(14-10-6-4-7-11-14)19(2)18(21)20-17(22-19)15-12-8-5-9-13-15/h1,4-13,16H,2H3/t16-,19-/m1/s1. The molecule has 1 heterocycles. The van der Waals surface area contributed by atoms with Crippen molar-refractivity contribution in [3.63, 3.8) is 0 Å². The van der Waals surface area contributed by atoms with E-state index >= 15 is 0 Å². The molecule has 3 rings (SSSR count). The summed E-state index contributed by atoms with van der Waals surface area (Å²) in [5.41, 5.74) is 1.92. The highest BCUT2D eigenvalue weighted by Gasteiger charge is 2.47. The quantitative estimate of drug-likeness (QED) is 0.805. The summed E-state index contributed by atoms with van der Waals surface area (Å²) in [4.78, 5) is 16.8. The molecule has 0 saturated carbocycles. The van der Waals surface area contributed by atoms with Crippen molar-refractivity contribution < 1.29 is 4.79 Å². The predicted molar refractivity (Wildman–Crippen MR) is 92.0 cm³/mol. The van der Waals surface area contributed by atoms with E-state index in [-0.39, 0.29) is 11.8 Å². The summed E-state index contributed by atoms with van der Waals surface area (Å²) in [6, 6.07) is 19.5. The van der Waals surface area contributed by atoms with E-state index in [9.17, 15) is 4.79 Å². The molecule has 0 aromatic heterocycles. The van der Waals surface area contributed by atoms with Crippen molar-refractivity contribution in [2.24, 2.45) is 4.99 Å². The van der Waals surface area contributed by atoms with Gasteiger partial charge in [0.05, 0.1) is 5.92 Å². The number of aliphatic imine (C=N–C) groups is 1. The van der Waals surface area contributed by atoms with E-state index in [0.29, 0.717) is 0 Å². The number of nitrogens with zero attached hydrogens (tertiary/aromatic N) is 1. The van der Waals surface area contributed by atoms with Crippen LogP contribution in [0.25, 0.3) is 0 Å². The monoisotopic (exact) mass is 305 g/mol. The Bertz CT molecular complexity index is 761. The molecule has 2 nitrogen and oxygen atoms in total. The zero-order valence-corrected chi connectivity index (χ0v) is 13.0. The van der Waals surface area contributed by atoms with Gasteiger partial charge in [-0.05, 0) is 12.5 Å². The SMILES string of the molecule is C#C[C@H](c1ccccc1)[C@@]1(C)SC(c2ccccc2)=NC1=O. The van der Waals surface area contributed by atoms with Crippen molar-refractivity contribution in [1.82, 2.24) is 0 Å². The summed E-state index contributed by atoms with van der Waals surface area (Å²) in [6.45, 7) is 1.89. The Kier molecular flexibility index (Phi) is 3.87. The topological polar surface area (TPSA) is 29.4 Å². The van der Waals surface area contributed by atoms with Gasteiger partial charge in [-0.1, -0.05) is 78.3 Å². The summed E-state index contributed by atoms with van der Waals surface area (Å²) in [5.74, 6) is 2.32. The first-order valence-electron chi connectivity index (χ1n) is 7.04. The smallest absolute Gasteiger partial charge is 0.264 e. The van der Waals surface area contributed by atoms with E-state index < -0.39 is 4.75 Å². The molecular weight excluding hydrogens is 290 g/mol. The molecular formula is C19H15NOS. The van der Waals surface area contributed by atoms with Crippen LogP contribution in [0.4, 0.5) is 0 Å². The Labute approximate surface area is 134 Å². The van der Waals surface area contributed by atoms with Crippen molar-refractivity contribution in [1.29, 1.82) is 0 Å². The van der Waals surface area contributed by atoms with Gasteiger partial charge < -0.3 is 0 Å². The average Bonchev–Trinajstić information content (AvgIpc) is 2.86. The molecule has 1 aliphatic rings. The molecule has 0 unspecified atom stereocenters. The van der Waals surface area contributed by atoms with Crippen molar-refractivity contribution in [3.8, 4) is 12.3 Å². The van der Waals surface area contributed by atoms with Crippen LogP contribution in [0.1, 0.15) is 24.0 Å². The number of carbonyl (C=O) groups is 1. The van der Waals surface area contributed by atoms with Gasteiger partial charge in [-0.3, -0.25) is 4.79 Å². The fourth-order valence-electron chi connectivity index (χ4n) is 2.58. The maximum absolute atomic E-state index is 12.5. The van der Waals surface area contributed by atoms with Crippen LogP contribution in [-0.2, 0) is 4.79 Å². The lowest BCUT2D eigenvalue weighted by molar-refractivity contribution is -0.119. The second kappa shape index (κ2) is 5.82. The third-order valence-electron chi connectivity index (χ3n) is 3.81. The van der Waals surface area contributed by atoms with Crippen molar-refractivity contribution in [2.45, 2.75) is 17.6 Å². The van der Waals surface area contributed by atoms with Crippen LogP contribution < -0.4 is 0 Å². The third kappa shape index (κ3) is 2.47. The Morgan fingerprint density at radius 2 is 1.68 bits per heavy atom. The van der Waals surface area contributed by atoms with Gasteiger partial charge in [0.25, 0.3) is 5.91 Å². The van der Waals surface area contributed by atoms with Gasteiger partial charge in [0.1, 0.15) is 9.79 Å². The van der Waals surface area contributed by atoms with Crippen LogP contribution in [0.5, 0.6) is 0 Å². The van der Waals surface area contributed by atoms with Crippen LogP contribution in [-0.4, -0.2) is 15.7 Å². The highest BCUT2D eigenvalue weighted by Crippen LogP contribution is 2.45. The number of hydrogen-bond acceptors (Lipinski definition) is 2. The van der Waals surface area contributed by atoms with E-state index in [0.717, 1.165) is 16.2 Å². The lowest BCUT2D eigenvalue weighted by Gasteiger charge is -2.27. The summed E-state index contributed by atoms with van der Waals surface area (Å²) >= 11 is 1.46. The zero-order valence-electron chi connectivity index (χ0n) is 12.2. The van der Waals surface area contributed by atoms with Crippen molar-refractivity contribution >= 4 is 22.7 Å². The predicted octanol–water partition coefficient (Wildman–Crippen LogP) is 3.88. The minimum atomic E-state index is -0.763. The largest absolute Gasteiger partial charge is 0.271 e. The van der Waals surface area contributed by atoms with Gasteiger partial charge in [0.15, 0.2) is 0 Å². The highest BCUT2D eigenvalue weighted by atomic mass is 32.2. The Morgan fingerprint density at radius 3 is 2.27 bits per heavy atom. The third-order valence-corrected chi connectivity index (χ3v) is 5.16. The number of hydrogen-bond donors (Lipinski definition) is 0. The molecule has 22 heavy (non-hydrogen) atoms. The molecule has 1 aliphatic heterocycles. The van der Waals surface area contributed by atoms with Crippen LogP contribution in [0.3, 0.4) is 0 Å².